The number of aryl methyl sites for hydroxylation is 2. The highest BCUT2D eigenvalue weighted by molar-refractivity contribution is 7.99. The van der Waals surface area contributed by atoms with Gasteiger partial charge in [0.15, 0.2) is 5.16 Å². The molecular formula is C18H27N3O2S. The highest BCUT2D eigenvalue weighted by Crippen LogP contribution is 2.23. The normalized spacial score (nSPS) is 11.3. The number of imidazole rings is 1. The first-order valence-corrected chi connectivity index (χ1v) is 9.22. The largest absolute Gasteiger partial charge is 0.464 e. The van der Waals surface area contributed by atoms with Crippen molar-refractivity contribution in [1.82, 2.24) is 14.5 Å². The van der Waals surface area contributed by atoms with E-state index in [-0.39, 0.29) is 5.91 Å². The summed E-state index contributed by atoms with van der Waals surface area (Å²) >= 11 is 1.51. The van der Waals surface area contributed by atoms with Gasteiger partial charge in [0.1, 0.15) is 11.5 Å². The molecule has 6 heteroatoms. The van der Waals surface area contributed by atoms with Crippen LogP contribution in [-0.2, 0) is 17.9 Å². The average molecular weight is 350 g/mol. The van der Waals surface area contributed by atoms with Crippen molar-refractivity contribution in [3.8, 4) is 0 Å². The Hall–Kier alpha value is -1.69. The molecule has 2 aromatic heterocycles. The topological polar surface area (TPSA) is 51.3 Å². The first kappa shape index (κ1) is 18.6. The van der Waals surface area contributed by atoms with Crippen LogP contribution in [0, 0.1) is 26.7 Å². The predicted molar refractivity (Wildman–Crippen MR) is 97.2 cm³/mol. The molecule has 2 rings (SSSR count). The number of rotatable bonds is 7. The number of nitrogens with zero attached hydrogens (tertiary/aromatic N) is 3. The molecule has 0 atom stereocenters. The van der Waals surface area contributed by atoms with Crippen molar-refractivity contribution in [2.24, 2.45) is 5.92 Å². The van der Waals surface area contributed by atoms with Crippen molar-refractivity contribution in [3.05, 3.63) is 35.0 Å². The van der Waals surface area contributed by atoms with Gasteiger partial charge in [0.25, 0.3) is 0 Å². The fourth-order valence-corrected chi connectivity index (χ4v) is 3.48. The fraction of sp³-hybridized carbons (Fsp3) is 0.556. The summed E-state index contributed by atoms with van der Waals surface area (Å²) < 4.78 is 7.75. The van der Waals surface area contributed by atoms with Crippen molar-refractivity contribution in [1.29, 1.82) is 0 Å². The smallest absolute Gasteiger partial charge is 0.233 e. The Labute approximate surface area is 148 Å². The van der Waals surface area contributed by atoms with Gasteiger partial charge < -0.3 is 13.9 Å². The lowest BCUT2D eigenvalue weighted by Gasteiger charge is -2.16. The molecule has 2 heterocycles. The summed E-state index contributed by atoms with van der Waals surface area (Å²) in [5.74, 6) is 2.66. The molecule has 0 aliphatic carbocycles. The van der Waals surface area contributed by atoms with Crippen molar-refractivity contribution in [2.45, 2.75) is 52.9 Å². The van der Waals surface area contributed by atoms with Gasteiger partial charge in [-0.1, -0.05) is 25.6 Å². The maximum Gasteiger partial charge on any atom is 0.233 e. The third-order valence-electron chi connectivity index (χ3n) is 3.91. The molecule has 5 nitrogen and oxygen atoms in total. The van der Waals surface area contributed by atoms with E-state index in [1.54, 1.807) is 11.9 Å². The Balaban J connectivity index is 1.97. The van der Waals surface area contributed by atoms with Gasteiger partial charge in [-0.15, -0.1) is 0 Å². The Morgan fingerprint density at radius 3 is 2.62 bits per heavy atom. The van der Waals surface area contributed by atoms with Crippen LogP contribution in [0.2, 0.25) is 0 Å². The third kappa shape index (κ3) is 4.66. The summed E-state index contributed by atoms with van der Waals surface area (Å²) in [6.45, 7) is 11.8. The minimum absolute atomic E-state index is 0.0726. The van der Waals surface area contributed by atoms with Crippen LogP contribution in [0.1, 0.15) is 36.8 Å². The molecule has 132 valence electrons. The first-order chi connectivity index (χ1) is 11.3. The van der Waals surface area contributed by atoms with E-state index in [4.69, 9.17) is 4.42 Å². The lowest BCUT2D eigenvalue weighted by molar-refractivity contribution is -0.127. The van der Waals surface area contributed by atoms with E-state index in [9.17, 15) is 4.79 Å². The average Bonchev–Trinajstić information content (AvgIpc) is 3.02. The highest BCUT2D eigenvalue weighted by Gasteiger charge is 2.16. The van der Waals surface area contributed by atoms with Gasteiger partial charge in [-0.25, -0.2) is 4.98 Å². The quantitative estimate of drug-likeness (QED) is 0.713. The molecule has 0 aliphatic rings. The molecule has 0 aromatic carbocycles. The zero-order valence-corrected chi connectivity index (χ0v) is 16.2. The van der Waals surface area contributed by atoms with Crippen molar-refractivity contribution in [2.75, 3.05) is 12.8 Å². The molecule has 0 saturated carbocycles. The molecule has 0 N–H and O–H groups in total. The van der Waals surface area contributed by atoms with Crippen molar-refractivity contribution in [3.63, 3.8) is 0 Å². The lowest BCUT2D eigenvalue weighted by atomic mass is 10.2. The van der Waals surface area contributed by atoms with Gasteiger partial charge in [0.05, 0.1) is 18.0 Å². The zero-order valence-electron chi connectivity index (χ0n) is 15.4. The van der Waals surface area contributed by atoms with E-state index in [2.05, 4.69) is 30.3 Å². The van der Waals surface area contributed by atoms with Gasteiger partial charge in [0, 0.05) is 19.3 Å². The minimum Gasteiger partial charge on any atom is -0.464 e. The monoisotopic (exact) mass is 349 g/mol. The van der Waals surface area contributed by atoms with Crippen molar-refractivity contribution < 1.29 is 9.21 Å². The van der Waals surface area contributed by atoms with Gasteiger partial charge in [-0.05, 0) is 38.8 Å². The molecule has 24 heavy (non-hydrogen) atoms. The van der Waals surface area contributed by atoms with Crippen LogP contribution >= 0.6 is 11.8 Å². The van der Waals surface area contributed by atoms with Crippen LogP contribution in [0.15, 0.2) is 21.7 Å². The Bertz CT molecular complexity index is 703. The SMILES string of the molecule is Cc1ccc(CN(C)C(=O)CSc2nc(C)c(C)n2CC(C)C)o1. The van der Waals surface area contributed by atoms with Gasteiger partial charge in [0.2, 0.25) is 5.91 Å². The molecule has 0 fully saturated rings. The standard InChI is InChI=1S/C18H27N3O2S/c1-12(2)9-21-15(5)14(4)19-18(21)24-11-17(22)20(6)10-16-8-7-13(3)23-16/h7-8,12H,9-11H2,1-6H3. The van der Waals surface area contributed by atoms with E-state index in [0.717, 1.165) is 28.9 Å². The number of amides is 1. The summed E-state index contributed by atoms with van der Waals surface area (Å²) in [5, 5.41) is 0.925. The van der Waals surface area contributed by atoms with Crippen LogP contribution in [-0.4, -0.2) is 33.2 Å². The molecule has 1 amide bonds. The molecule has 0 spiro atoms. The lowest BCUT2D eigenvalue weighted by Crippen LogP contribution is -2.27. The first-order valence-electron chi connectivity index (χ1n) is 8.23. The summed E-state index contributed by atoms with van der Waals surface area (Å²) in [6.07, 6.45) is 0. The van der Waals surface area contributed by atoms with E-state index in [1.807, 2.05) is 26.0 Å². The maximum atomic E-state index is 12.4. The third-order valence-corrected chi connectivity index (χ3v) is 4.87. The Morgan fingerprint density at radius 1 is 1.33 bits per heavy atom. The summed E-state index contributed by atoms with van der Waals surface area (Å²) in [5.41, 5.74) is 2.21. The second-order valence-corrected chi connectivity index (χ2v) is 7.56. The van der Waals surface area contributed by atoms with E-state index >= 15 is 0 Å². The van der Waals surface area contributed by atoms with Crippen LogP contribution in [0.3, 0.4) is 0 Å². The molecule has 0 aliphatic heterocycles. The number of hydrogen-bond donors (Lipinski definition) is 0. The van der Waals surface area contributed by atoms with Gasteiger partial charge in [-0.2, -0.15) is 0 Å². The predicted octanol–water partition coefficient (Wildman–Crippen LogP) is 3.81. The number of thioether (sulfide) groups is 1. The molecular weight excluding hydrogens is 322 g/mol. The van der Waals surface area contributed by atoms with E-state index < -0.39 is 0 Å². The van der Waals surface area contributed by atoms with Crippen molar-refractivity contribution >= 4 is 17.7 Å². The fourth-order valence-electron chi connectivity index (χ4n) is 2.44. The molecule has 0 saturated heterocycles. The Kier molecular flexibility index (Phi) is 6.15. The van der Waals surface area contributed by atoms with Crippen LogP contribution in [0.25, 0.3) is 0 Å². The van der Waals surface area contributed by atoms with E-state index in [1.165, 1.54) is 17.5 Å². The molecule has 0 bridgehead atoms. The minimum atomic E-state index is 0.0726. The molecule has 2 aromatic rings. The van der Waals surface area contributed by atoms with E-state index in [0.29, 0.717) is 18.2 Å². The highest BCUT2D eigenvalue weighted by atomic mass is 32.2. The summed E-state index contributed by atoms with van der Waals surface area (Å²) in [4.78, 5) is 18.7. The molecule has 0 unspecified atom stereocenters. The van der Waals surface area contributed by atoms with Crippen LogP contribution in [0.4, 0.5) is 0 Å². The Morgan fingerprint density at radius 2 is 2.04 bits per heavy atom. The van der Waals surface area contributed by atoms with Gasteiger partial charge >= 0.3 is 0 Å². The second kappa shape index (κ2) is 7.92. The summed E-state index contributed by atoms with van der Waals surface area (Å²) in [6, 6.07) is 3.82. The second-order valence-electron chi connectivity index (χ2n) is 6.62. The maximum absolute atomic E-state index is 12.4. The number of carbonyl (C=O) groups excluding carboxylic acids is 1. The number of furan rings is 1. The number of carbonyl (C=O) groups is 1. The number of hydrogen-bond acceptors (Lipinski definition) is 4. The van der Waals surface area contributed by atoms with Crippen LogP contribution in [0.5, 0.6) is 0 Å². The van der Waals surface area contributed by atoms with Crippen LogP contribution < -0.4 is 0 Å². The number of aromatic nitrogens is 2. The zero-order chi connectivity index (χ0) is 17.9. The molecule has 0 radical (unpaired) electrons. The van der Waals surface area contributed by atoms with Gasteiger partial charge in [-0.3, -0.25) is 4.79 Å². The summed E-state index contributed by atoms with van der Waals surface area (Å²) in [7, 11) is 1.80.